The molecule has 2 saturated heterocycles. The molecular weight excluding hydrogens is 326 g/mol. The first-order valence-electron chi connectivity index (χ1n) is 8.06. The van der Waals surface area contributed by atoms with Gasteiger partial charge in [-0.2, -0.15) is 5.10 Å². The molecule has 126 valence electrons. The molecule has 2 N–H and O–H groups in total. The van der Waals surface area contributed by atoms with Gasteiger partial charge in [0.05, 0.1) is 11.6 Å². The van der Waals surface area contributed by atoms with Crippen LogP contribution in [0.3, 0.4) is 0 Å². The van der Waals surface area contributed by atoms with E-state index in [0.29, 0.717) is 31.9 Å². The third-order valence-corrected chi connectivity index (χ3v) is 5.51. The molecule has 24 heavy (non-hydrogen) atoms. The minimum atomic E-state index is -0.0764. The van der Waals surface area contributed by atoms with Crippen molar-refractivity contribution < 1.29 is 9.59 Å². The quantitative estimate of drug-likeness (QED) is 0.829. The van der Waals surface area contributed by atoms with Crippen LogP contribution in [0.2, 0.25) is 0 Å². The molecule has 0 spiro atoms. The summed E-state index contributed by atoms with van der Waals surface area (Å²) in [7, 11) is 0. The van der Waals surface area contributed by atoms with Crippen molar-refractivity contribution in [3.63, 3.8) is 0 Å². The number of fused-ring (bicyclic) bond motifs is 1. The lowest BCUT2D eigenvalue weighted by Gasteiger charge is -2.35. The number of carbonyl (C=O) groups is 2. The van der Waals surface area contributed by atoms with Gasteiger partial charge in [-0.1, -0.05) is 18.2 Å². The van der Waals surface area contributed by atoms with Crippen molar-refractivity contribution in [1.29, 1.82) is 0 Å². The third-order valence-electron chi connectivity index (χ3n) is 4.57. The molecular formula is C16H19N5O2S. The van der Waals surface area contributed by atoms with Crippen molar-refractivity contribution in [3.8, 4) is 0 Å². The molecule has 1 aromatic carbocycles. The molecule has 7 nitrogen and oxygen atoms in total. The number of benzene rings is 1. The van der Waals surface area contributed by atoms with Gasteiger partial charge in [-0.05, 0) is 6.07 Å². The van der Waals surface area contributed by atoms with Gasteiger partial charge in [-0.3, -0.25) is 20.0 Å². The molecule has 4 rings (SSSR count). The van der Waals surface area contributed by atoms with Gasteiger partial charge in [-0.15, -0.1) is 11.8 Å². The van der Waals surface area contributed by atoms with Crippen LogP contribution in [0.4, 0.5) is 0 Å². The van der Waals surface area contributed by atoms with Crippen molar-refractivity contribution >= 4 is 34.5 Å². The van der Waals surface area contributed by atoms with E-state index in [1.165, 1.54) is 0 Å². The van der Waals surface area contributed by atoms with Crippen LogP contribution in [-0.2, 0) is 4.79 Å². The van der Waals surface area contributed by atoms with Gasteiger partial charge < -0.3 is 9.80 Å². The van der Waals surface area contributed by atoms with E-state index in [1.54, 1.807) is 16.7 Å². The Morgan fingerprint density at radius 1 is 1.12 bits per heavy atom. The van der Waals surface area contributed by atoms with Crippen molar-refractivity contribution in [2.75, 3.05) is 37.8 Å². The van der Waals surface area contributed by atoms with E-state index in [4.69, 9.17) is 0 Å². The highest BCUT2D eigenvalue weighted by Gasteiger charge is 2.31. The number of aromatic nitrogens is 2. The van der Waals surface area contributed by atoms with Crippen LogP contribution >= 0.6 is 11.8 Å². The average Bonchev–Trinajstić information content (AvgIpc) is 3.30. The zero-order valence-corrected chi connectivity index (χ0v) is 14.0. The number of thioether (sulfide) groups is 1. The van der Waals surface area contributed by atoms with Crippen LogP contribution in [0.5, 0.6) is 0 Å². The summed E-state index contributed by atoms with van der Waals surface area (Å²) in [4.78, 5) is 28.8. The number of amides is 2. The number of hydrogen-bond donors (Lipinski definition) is 2. The average molecular weight is 345 g/mol. The Balaban J connectivity index is 1.42. The molecule has 1 aromatic heterocycles. The maximum atomic E-state index is 12.7. The number of hydrogen-bond acceptors (Lipinski definition) is 5. The minimum absolute atomic E-state index is 0.0749. The zero-order valence-electron chi connectivity index (χ0n) is 13.2. The summed E-state index contributed by atoms with van der Waals surface area (Å²) in [6.45, 7) is 2.25. The lowest BCUT2D eigenvalue weighted by atomic mass is 10.2. The predicted octanol–water partition coefficient (Wildman–Crippen LogP) is 0.510. The first-order chi connectivity index (χ1) is 11.7. The summed E-state index contributed by atoms with van der Waals surface area (Å²) in [6.07, 6.45) is 0. The highest BCUT2D eigenvalue weighted by molar-refractivity contribution is 7.99. The van der Waals surface area contributed by atoms with E-state index in [0.717, 1.165) is 22.5 Å². The van der Waals surface area contributed by atoms with E-state index in [1.807, 2.05) is 29.2 Å². The van der Waals surface area contributed by atoms with Crippen molar-refractivity contribution in [2.45, 2.75) is 6.04 Å². The van der Waals surface area contributed by atoms with Crippen LogP contribution in [0, 0.1) is 0 Å². The summed E-state index contributed by atoms with van der Waals surface area (Å²) in [5, 5.41) is 11.1. The number of piperazine rings is 1. The number of aromatic amines is 1. The topological polar surface area (TPSA) is 81.3 Å². The van der Waals surface area contributed by atoms with E-state index in [9.17, 15) is 9.59 Å². The van der Waals surface area contributed by atoms with Crippen molar-refractivity contribution in [1.82, 2.24) is 25.3 Å². The molecule has 8 heteroatoms. The van der Waals surface area contributed by atoms with Crippen LogP contribution in [0.15, 0.2) is 24.3 Å². The fourth-order valence-corrected chi connectivity index (χ4v) is 4.11. The highest BCUT2D eigenvalue weighted by atomic mass is 32.2. The monoisotopic (exact) mass is 345 g/mol. The molecule has 2 fully saturated rings. The lowest BCUT2D eigenvalue weighted by molar-refractivity contribution is -0.134. The molecule has 2 amide bonds. The molecule has 2 aliphatic heterocycles. The molecule has 0 saturated carbocycles. The molecule has 2 aromatic rings. The fourth-order valence-electron chi connectivity index (χ4n) is 3.18. The zero-order chi connectivity index (χ0) is 16.5. The van der Waals surface area contributed by atoms with Crippen LogP contribution in [0.1, 0.15) is 10.5 Å². The summed E-state index contributed by atoms with van der Waals surface area (Å²) < 4.78 is 0. The Bertz CT molecular complexity index is 763. The molecule has 2 aliphatic rings. The summed E-state index contributed by atoms with van der Waals surface area (Å²) >= 11 is 1.74. The van der Waals surface area contributed by atoms with Gasteiger partial charge >= 0.3 is 0 Å². The third kappa shape index (κ3) is 2.76. The standard InChI is InChI=1S/C16H19N5O2S/c22-15(13-9-24-10-17-13)20-5-7-21(8-6-20)16(23)14-11-3-1-2-4-12(11)18-19-14/h1-4,13,17H,5-10H2,(H,18,19). The van der Waals surface area contributed by atoms with E-state index < -0.39 is 0 Å². The fraction of sp³-hybridized carbons (Fsp3) is 0.438. The van der Waals surface area contributed by atoms with Crippen molar-refractivity contribution in [3.05, 3.63) is 30.0 Å². The van der Waals surface area contributed by atoms with Gasteiger partial charge in [0, 0.05) is 43.2 Å². The molecule has 0 radical (unpaired) electrons. The number of para-hydroxylation sites is 1. The lowest BCUT2D eigenvalue weighted by Crippen LogP contribution is -2.54. The van der Waals surface area contributed by atoms with Crippen LogP contribution < -0.4 is 5.32 Å². The van der Waals surface area contributed by atoms with Gasteiger partial charge in [0.2, 0.25) is 5.91 Å². The van der Waals surface area contributed by atoms with E-state index >= 15 is 0 Å². The smallest absolute Gasteiger partial charge is 0.275 e. The van der Waals surface area contributed by atoms with Gasteiger partial charge in [0.1, 0.15) is 0 Å². The number of nitrogens with zero attached hydrogens (tertiary/aromatic N) is 3. The van der Waals surface area contributed by atoms with E-state index in [-0.39, 0.29) is 17.9 Å². The SMILES string of the molecule is O=C(c1n[nH]c2ccccc12)N1CCN(C(=O)C2CSCN2)CC1. The predicted molar refractivity (Wildman–Crippen MR) is 92.8 cm³/mol. The van der Waals surface area contributed by atoms with E-state index in [2.05, 4.69) is 15.5 Å². The normalized spacial score (nSPS) is 21.4. The molecule has 1 atom stereocenters. The molecule has 1 unspecified atom stereocenters. The maximum Gasteiger partial charge on any atom is 0.275 e. The highest BCUT2D eigenvalue weighted by Crippen LogP contribution is 2.18. The van der Waals surface area contributed by atoms with Crippen molar-refractivity contribution in [2.24, 2.45) is 0 Å². The Hall–Kier alpha value is -2.06. The maximum absolute atomic E-state index is 12.7. The Morgan fingerprint density at radius 2 is 1.88 bits per heavy atom. The van der Waals surface area contributed by atoms with Gasteiger partial charge in [0.25, 0.3) is 5.91 Å². The molecule has 0 bridgehead atoms. The second-order valence-corrected chi connectivity index (χ2v) is 7.04. The number of carbonyl (C=O) groups excluding carboxylic acids is 2. The Kier molecular flexibility index (Phi) is 4.15. The number of H-pyrrole nitrogens is 1. The van der Waals surface area contributed by atoms with Crippen LogP contribution in [0.25, 0.3) is 10.9 Å². The summed E-state index contributed by atoms with van der Waals surface area (Å²) in [5.74, 6) is 1.74. The first-order valence-corrected chi connectivity index (χ1v) is 9.22. The first kappa shape index (κ1) is 15.5. The number of nitrogens with one attached hydrogen (secondary N) is 2. The van der Waals surface area contributed by atoms with Gasteiger partial charge in [0.15, 0.2) is 5.69 Å². The Morgan fingerprint density at radius 3 is 2.62 bits per heavy atom. The minimum Gasteiger partial charge on any atom is -0.338 e. The molecule has 3 heterocycles. The Labute approximate surface area is 143 Å². The summed E-state index contributed by atoms with van der Waals surface area (Å²) in [5.41, 5.74) is 1.32. The second-order valence-electron chi connectivity index (χ2n) is 6.01. The van der Waals surface area contributed by atoms with Crippen LogP contribution in [-0.4, -0.2) is 75.7 Å². The van der Waals surface area contributed by atoms with Gasteiger partial charge in [-0.25, -0.2) is 0 Å². The summed E-state index contributed by atoms with van der Waals surface area (Å²) in [6, 6.07) is 7.54. The molecule has 0 aliphatic carbocycles. The second kappa shape index (κ2) is 6.45. The largest absolute Gasteiger partial charge is 0.338 e. The number of rotatable bonds is 2.